The van der Waals surface area contributed by atoms with Crippen LogP contribution in [0.5, 0.6) is 0 Å². The maximum Gasteiger partial charge on any atom is 0.472 e. The minimum atomic E-state index is -4.74. The fourth-order valence-corrected chi connectivity index (χ4v) is 10.1. The molecule has 0 rings (SSSR count). The molecule has 11 nitrogen and oxygen atoms in total. The molecule has 0 aromatic rings. The first-order valence-corrected chi connectivity index (χ1v) is 33.1. The molecule has 0 aliphatic heterocycles. The zero-order chi connectivity index (χ0) is 54.1. The average molecular weight is 1070 g/mol. The van der Waals surface area contributed by atoms with Crippen molar-refractivity contribution < 1.29 is 52.2 Å². The second-order valence-corrected chi connectivity index (χ2v) is 23.0. The molecular formula is C62H119O11P. The molecule has 74 heavy (non-hydrogen) atoms. The predicted molar refractivity (Wildman–Crippen MR) is 307 cm³/mol. The summed E-state index contributed by atoms with van der Waals surface area (Å²) < 4.78 is 39.6. The Kier molecular flexibility index (Phi) is 56.0. The van der Waals surface area contributed by atoms with E-state index in [0.29, 0.717) is 19.3 Å². The summed E-state index contributed by atoms with van der Waals surface area (Å²) in [6, 6.07) is 0. The standard InChI is InChI=1S/C62H119O11P/c1-4-7-10-13-16-19-22-25-27-28-29-30-32-35-38-41-44-47-50-53-62(66)73-59(55-69-60(64)51-48-45-42-39-36-34-31-26-23-20-17-14-11-8-5-2)57-71-74(67,68)70-56-58(54-63)72-61(65)52-49-46-43-40-37-33-24-21-18-15-12-9-6-3/h21,24,58-59,63H,4-20,22-23,25-57H2,1-3H3,(H,67,68)/b24-21-. The number of aliphatic hydroxyl groups is 1. The molecule has 0 aromatic heterocycles. The summed E-state index contributed by atoms with van der Waals surface area (Å²) >= 11 is 0. The first kappa shape index (κ1) is 72.2. The first-order valence-electron chi connectivity index (χ1n) is 31.6. The SMILES string of the molecule is CCCCCC/C=C\CCCCCCCC(=O)OC(CO)COP(=O)(O)OCC(COC(=O)CCCCCCCCCCCCCCCCC)OC(=O)CCCCCCCCCCCCCCCCCCCCC. The van der Waals surface area contributed by atoms with Gasteiger partial charge in [0.15, 0.2) is 6.10 Å². The first-order chi connectivity index (χ1) is 36.2. The third-order valence-corrected chi connectivity index (χ3v) is 15.1. The van der Waals surface area contributed by atoms with Gasteiger partial charge in [0.05, 0.1) is 19.8 Å². The summed E-state index contributed by atoms with van der Waals surface area (Å²) in [5.74, 6) is -1.44. The Morgan fingerprint density at radius 1 is 0.365 bits per heavy atom. The Hall–Kier alpha value is -1.78. The zero-order valence-electron chi connectivity index (χ0n) is 48.6. The van der Waals surface area contributed by atoms with Crippen LogP contribution in [0.15, 0.2) is 12.2 Å². The van der Waals surface area contributed by atoms with Crippen LogP contribution in [0.25, 0.3) is 0 Å². The molecule has 12 heteroatoms. The molecule has 0 bridgehead atoms. The molecule has 0 heterocycles. The van der Waals surface area contributed by atoms with Gasteiger partial charge < -0.3 is 24.2 Å². The van der Waals surface area contributed by atoms with Gasteiger partial charge in [-0.25, -0.2) is 4.57 Å². The fraction of sp³-hybridized carbons (Fsp3) is 0.919. The number of esters is 3. The summed E-state index contributed by atoms with van der Waals surface area (Å²) in [5.41, 5.74) is 0. The van der Waals surface area contributed by atoms with Crippen LogP contribution in [0.3, 0.4) is 0 Å². The van der Waals surface area contributed by atoms with Crippen molar-refractivity contribution in [3.05, 3.63) is 12.2 Å². The Morgan fingerprint density at radius 2 is 0.622 bits per heavy atom. The number of aliphatic hydroxyl groups excluding tert-OH is 1. The summed E-state index contributed by atoms with van der Waals surface area (Å²) in [4.78, 5) is 48.6. The van der Waals surface area contributed by atoms with E-state index < -0.39 is 57.8 Å². The lowest BCUT2D eigenvalue weighted by Gasteiger charge is -2.21. The summed E-state index contributed by atoms with van der Waals surface area (Å²) in [6.45, 7) is 4.70. The number of phosphoric ester groups is 1. The fourth-order valence-electron chi connectivity index (χ4n) is 9.35. The number of rotatable bonds is 60. The van der Waals surface area contributed by atoms with Crippen LogP contribution in [-0.4, -0.2) is 66.5 Å². The number of carbonyl (C=O) groups is 3. The van der Waals surface area contributed by atoms with Crippen LogP contribution in [0, 0.1) is 0 Å². The molecule has 0 aliphatic rings. The normalized spacial score (nSPS) is 13.3. The molecule has 0 radical (unpaired) electrons. The van der Waals surface area contributed by atoms with Gasteiger partial charge in [-0.2, -0.15) is 0 Å². The molecule has 0 saturated heterocycles. The minimum Gasteiger partial charge on any atom is -0.462 e. The quantitative estimate of drug-likeness (QED) is 0.0197. The molecule has 0 saturated carbocycles. The topological polar surface area (TPSA) is 155 Å². The lowest BCUT2D eigenvalue weighted by atomic mass is 10.0. The zero-order valence-corrected chi connectivity index (χ0v) is 49.5. The smallest absolute Gasteiger partial charge is 0.462 e. The number of hydrogen-bond acceptors (Lipinski definition) is 10. The number of phosphoric acid groups is 1. The van der Waals surface area contributed by atoms with E-state index in [0.717, 1.165) is 77.0 Å². The highest BCUT2D eigenvalue weighted by molar-refractivity contribution is 7.47. The van der Waals surface area contributed by atoms with E-state index in [1.54, 1.807) is 0 Å². The number of hydrogen-bond donors (Lipinski definition) is 2. The van der Waals surface area contributed by atoms with Crippen LogP contribution in [0.1, 0.15) is 329 Å². The van der Waals surface area contributed by atoms with Crippen molar-refractivity contribution in [3.8, 4) is 0 Å². The van der Waals surface area contributed by atoms with Gasteiger partial charge in [-0.15, -0.1) is 0 Å². The van der Waals surface area contributed by atoms with E-state index in [1.807, 2.05) is 0 Å². The van der Waals surface area contributed by atoms with Crippen molar-refractivity contribution >= 4 is 25.7 Å². The van der Waals surface area contributed by atoms with Gasteiger partial charge in [-0.3, -0.25) is 23.4 Å². The van der Waals surface area contributed by atoms with Crippen LogP contribution >= 0.6 is 7.82 Å². The van der Waals surface area contributed by atoms with E-state index in [1.165, 1.54) is 193 Å². The molecule has 0 aromatic carbocycles. The number of carbonyl (C=O) groups excluding carboxylic acids is 3. The molecule has 0 aliphatic carbocycles. The lowest BCUT2D eigenvalue weighted by molar-refractivity contribution is -0.161. The summed E-state index contributed by atoms with van der Waals surface area (Å²) in [5, 5.41) is 9.82. The maximum atomic E-state index is 12.9. The van der Waals surface area contributed by atoms with Crippen LogP contribution in [0.4, 0.5) is 0 Å². The summed E-state index contributed by atoms with van der Waals surface area (Å²) in [6.07, 6.45) is 57.3. The highest BCUT2D eigenvalue weighted by Gasteiger charge is 2.28. The minimum absolute atomic E-state index is 0.173. The monoisotopic (exact) mass is 1070 g/mol. The third-order valence-electron chi connectivity index (χ3n) is 14.2. The largest absolute Gasteiger partial charge is 0.472 e. The summed E-state index contributed by atoms with van der Waals surface area (Å²) in [7, 11) is -4.74. The molecule has 3 unspecified atom stereocenters. The van der Waals surface area contributed by atoms with E-state index in [4.69, 9.17) is 23.3 Å². The second kappa shape index (κ2) is 57.4. The molecule has 0 spiro atoms. The van der Waals surface area contributed by atoms with Gasteiger partial charge in [0.1, 0.15) is 12.7 Å². The number of ether oxygens (including phenoxy) is 3. The van der Waals surface area contributed by atoms with Gasteiger partial charge in [0.25, 0.3) is 0 Å². The maximum absolute atomic E-state index is 12.9. The molecule has 0 fully saturated rings. The van der Waals surface area contributed by atoms with E-state index in [9.17, 15) is 28.9 Å². The third kappa shape index (κ3) is 55.0. The van der Waals surface area contributed by atoms with Crippen molar-refractivity contribution in [2.45, 2.75) is 341 Å². The number of allylic oxidation sites excluding steroid dienone is 2. The Morgan fingerprint density at radius 3 is 0.946 bits per heavy atom. The van der Waals surface area contributed by atoms with Crippen molar-refractivity contribution in [1.82, 2.24) is 0 Å². The highest BCUT2D eigenvalue weighted by Crippen LogP contribution is 2.43. The predicted octanol–water partition coefficient (Wildman–Crippen LogP) is 18.8. The van der Waals surface area contributed by atoms with Crippen molar-refractivity contribution in [3.63, 3.8) is 0 Å². The van der Waals surface area contributed by atoms with E-state index in [-0.39, 0.29) is 25.9 Å². The van der Waals surface area contributed by atoms with Crippen molar-refractivity contribution in [2.75, 3.05) is 26.4 Å². The van der Waals surface area contributed by atoms with Crippen LogP contribution < -0.4 is 0 Å². The van der Waals surface area contributed by atoms with E-state index >= 15 is 0 Å². The van der Waals surface area contributed by atoms with Gasteiger partial charge in [0, 0.05) is 19.3 Å². The van der Waals surface area contributed by atoms with Gasteiger partial charge >= 0.3 is 25.7 Å². The Labute approximate surface area is 456 Å². The molecule has 438 valence electrons. The average Bonchev–Trinajstić information content (AvgIpc) is 3.39. The van der Waals surface area contributed by atoms with Gasteiger partial charge in [-0.1, -0.05) is 277 Å². The Bertz CT molecular complexity index is 1290. The van der Waals surface area contributed by atoms with Crippen molar-refractivity contribution in [1.29, 1.82) is 0 Å². The van der Waals surface area contributed by atoms with Crippen LogP contribution in [-0.2, 0) is 42.2 Å². The molecule has 2 N–H and O–H groups in total. The molecular weight excluding hydrogens is 952 g/mol. The van der Waals surface area contributed by atoms with Crippen molar-refractivity contribution in [2.24, 2.45) is 0 Å². The number of unbranched alkanes of at least 4 members (excludes halogenated alkanes) is 41. The van der Waals surface area contributed by atoms with E-state index in [2.05, 4.69) is 32.9 Å². The second-order valence-electron chi connectivity index (χ2n) is 21.6. The Balaban J connectivity index is 4.65. The van der Waals surface area contributed by atoms with Gasteiger partial charge in [-0.05, 0) is 44.9 Å². The van der Waals surface area contributed by atoms with Crippen LogP contribution in [0.2, 0.25) is 0 Å². The van der Waals surface area contributed by atoms with Gasteiger partial charge in [0.2, 0.25) is 0 Å². The molecule has 3 atom stereocenters. The highest BCUT2D eigenvalue weighted by atomic mass is 31.2. The molecule has 0 amide bonds. The lowest BCUT2D eigenvalue weighted by Crippen LogP contribution is -2.30.